The zero-order chi connectivity index (χ0) is 14.2. The van der Waals surface area contributed by atoms with E-state index in [-0.39, 0.29) is 24.2 Å². The number of carboxylic acid groups (broad SMARTS) is 1. The van der Waals surface area contributed by atoms with Crippen LogP contribution in [0.15, 0.2) is 0 Å². The molecule has 1 saturated heterocycles. The first-order chi connectivity index (χ1) is 8.90. The molecular formula is C12H16N2O5. The lowest BCUT2D eigenvalue weighted by molar-refractivity contribution is -0.142. The third kappa shape index (κ3) is 2.59. The fourth-order valence-electron chi connectivity index (χ4n) is 2.60. The zero-order valence-corrected chi connectivity index (χ0v) is 10.6. The van der Waals surface area contributed by atoms with Crippen LogP contribution in [0.5, 0.6) is 0 Å². The molecule has 1 aliphatic heterocycles. The molecule has 0 aromatic rings. The van der Waals surface area contributed by atoms with Crippen LogP contribution in [-0.4, -0.2) is 46.8 Å². The van der Waals surface area contributed by atoms with Gasteiger partial charge in [-0.05, 0) is 19.3 Å². The number of aliphatic carboxylic acids is 1. The molecule has 1 heterocycles. The van der Waals surface area contributed by atoms with Gasteiger partial charge in [0.05, 0.1) is 12.3 Å². The van der Waals surface area contributed by atoms with E-state index < -0.39 is 23.8 Å². The Morgan fingerprint density at radius 1 is 1.26 bits per heavy atom. The van der Waals surface area contributed by atoms with Gasteiger partial charge in [-0.2, -0.15) is 0 Å². The van der Waals surface area contributed by atoms with E-state index in [0.717, 1.165) is 4.90 Å². The van der Waals surface area contributed by atoms with Gasteiger partial charge in [0.1, 0.15) is 6.04 Å². The summed E-state index contributed by atoms with van der Waals surface area (Å²) >= 11 is 0. The summed E-state index contributed by atoms with van der Waals surface area (Å²) < 4.78 is 0. The van der Waals surface area contributed by atoms with Crippen LogP contribution >= 0.6 is 0 Å². The molecule has 0 radical (unpaired) electrons. The highest BCUT2D eigenvalue weighted by Gasteiger charge is 2.40. The molecular weight excluding hydrogens is 252 g/mol. The molecule has 1 unspecified atom stereocenters. The van der Waals surface area contributed by atoms with Gasteiger partial charge in [0.25, 0.3) is 5.91 Å². The number of carbonyl (C=O) groups excluding carboxylic acids is 3. The summed E-state index contributed by atoms with van der Waals surface area (Å²) in [6.07, 6.45) is 1.26. The summed E-state index contributed by atoms with van der Waals surface area (Å²) in [6, 6.07) is -0.797. The van der Waals surface area contributed by atoms with Gasteiger partial charge in [-0.1, -0.05) is 0 Å². The normalized spacial score (nSPS) is 30.8. The number of rotatable bonds is 3. The molecule has 0 spiro atoms. The monoisotopic (exact) mass is 268 g/mol. The van der Waals surface area contributed by atoms with Crippen LogP contribution in [0.1, 0.15) is 25.7 Å². The highest BCUT2D eigenvalue weighted by atomic mass is 16.4. The Kier molecular flexibility index (Phi) is 3.55. The van der Waals surface area contributed by atoms with Gasteiger partial charge in [0.2, 0.25) is 11.8 Å². The lowest BCUT2D eigenvalue weighted by atomic mass is 10.0. The Morgan fingerprint density at radius 2 is 1.89 bits per heavy atom. The van der Waals surface area contributed by atoms with Crippen molar-refractivity contribution in [2.24, 2.45) is 11.8 Å². The van der Waals surface area contributed by atoms with Crippen molar-refractivity contribution in [1.29, 1.82) is 0 Å². The molecule has 2 rings (SSSR count). The topological polar surface area (TPSA) is 104 Å². The maximum atomic E-state index is 11.9. The minimum Gasteiger partial charge on any atom is -0.481 e. The molecule has 19 heavy (non-hydrogen) atoms. The van der Waals surface area contributed by atoms with Gasteiger partial charge in [-0.3, -0.25) is 24.1 Å². The van der Waals surface area contributed by atoms with Crippen molar-refractivity contribution in [1.82, 2.24) is 10.2 Å². The Bertz CT molecular complexity index is 447. The van der Waals surface area contributed by atoms with E-state index in [4.69, 9.17) is 5.11 Å². The van der Waals surface area contributed by atoms with Crippen molar-refractivity contribution in [2.75, 3.05) is 7.05 Å². The zero-order valence-electron chi connectivity index (χ0n) is 10.6. The van der Waals surface area contributed by atoms with Gasteiger partial charge < -0.3 is 10.4 Å². The molecule has 2 N–H and O–H groups in total. The van der Waals surface area contributed by atoms with E-state index in [9.17, 15) is 19.2 Å². The van der Waals surface area contributed by atoms with Crippen LogP contribution in [0, 0.1) is 11.8 Å². The average Bonchev–Trinajstić information content (AvgIpc) is 2.92. The van der Waals surface area contributed by atoms with Crippen LogP contribution < -0.4 is 5.32 Å². The minimum atomic E-state index is -0.887. The van der Waals surface area contributed by atoms with Gasteiger partial charge in [0.15, 0.2) is 0 Å². The highest BCUT2D eigenvalue weighted by Crippen LogP contribution is 2.31. The third-order valence-corrected chi connectivity index (χ3v) is 3.85. The van der Waals surface area contributed by atoms with Crippen LogP contribution in [-0.2, 0) is 19.2 Å². The molecule has 2 aliphatic rings. The lowest BCUT2D eigenvalue weighted by Gasteiger charge is -2.14. The quantitative estimate of drug-likeness (QED) is 0.663. The van der Waals surface area contributed by atoms with E-state index >= 15 is 0 Å². The first kappa shape index (κ1) is 13.5. The van der Waals surface area contributed by atoms with E-state index in [0.29, 0.717) is 19.3 Å². The van der Waals surface area contributed by atoms with E-state index in [1.807, 2.05) is 0 Å². The van der Waals surface area contributed by atoms with Crippen LogP contribution in [0.25, 0.3) is 0 Å². The number of nitrogens with zero attached hydrogens (tertiary/aromatic N) is 1. The standard InChI is InChI=1S/C12H16N2O5/c1-14-9(15)5-8(11(14)17)13-10(16)6-2-3-7(4-6)12(18)19/h6-8H,2-5H2,1H3,(H,13,16)(H,18,19)/t6-,7+,8?/m1/s1. The van der Waals surface area contributed by atoms with E-state index in [2.05, 4.69) is 5.32 Å². The fraction of sp³-hybridized carbons (Fsp3) is 0.667. The summed E-state index contributed by atoms with van der Waals surface area (Å²) in [4.78, 5) is 46.7. The second-order valence-corrected chi connectivity index (χ2v) is 5.10. The minimum absolute atomic E-state index is 0.0177. The smallest absolute Gasteiger partial charge is 0.306 e. The van der Waals surface area contributed by atoms with Gasteiger partial charge >= 0.3 is 5.97 Å². The molecule has 7 heteroatoms. The van der Waals surface area contributed by atoms with Crippen molar-refractivity contribution < 1.29 is 24.3 Å². The van der Waals surface area contributed by atoms with E-state index in [1.165, 1.54) is 7.05 Å². The van der Waals surface area contributed by atoms with Crippen molar-refractivity contribution in [2.45, 2.75) is 31.7 Å². The molecule has 2 fully saturated rings. The number of amides is 3. The number of hydrogen-bond acceptors (Lipinski definition) is 4. The van der Waals surface area contributed by atoms with Crippen LogP contribution in [0.2, 0.25) is 0 Å². The second-order valence-electron chi connectivity index (χ2n) is 5.10. The van der Waals surface area contributed by atoms with Crippen LogP contribution in [0.3, 0.4) is 0 Å². The largest absolute Gasteiger partial charge is 0.481 e. The fourth-order valence-corrected chi connectivity index (χ4v) is 2.60. The number of nitrogens with one attached hydrogen (secondary N) is 1. The molecule has 1 saturated carbocycles. The lowest BCUT2D eigenvalue weighted by Crippen LogP contribution is -2.43. The number of likely N-dealkylation sites (tertiary alicyclic amines) is 1. The Morgan fingerprint density at radius 3 is 2.37 bits per heavy atom. The first-order valence-electron chi connectivity index (χ1n) is 6.23. The van der Waals surface area contributed by atoms with Crippen molar-refractivity contribution in [3.8, 4) is 0 Å². The predicted molar refractivity (Wildman–Crippen MR) is 62.8 cm³/mol. The number of imide groups is 1. The third-order valence-electron chi connectivity index (χ3n) is 3.85. The number of likely N-dealkylation sites (N-methyl/N-ethyl adjacent to an activating group) is 1. The summed E-state index contributed by atoms with van der Waals surface area (Å²) in [5.41, 5.74) is 0. The highest BCUT2D eigenvalue weighted by molar-refractivity contribution is 6.06. The van der Waals surface area contributed by atoms with E-state index in [1.54, 1.807) is 0 Å². The Hall–Kier alpha value is -1.92. The molecule has 3 atom stereocenters. The van der Waals surface area contributed by atoms with Gasteiger partial charge in [0, 0.05) is 13.0 Å². The summed E-state index contributed by atoms with van der Waals surface area (Å²) in [5.74, 6) is -2.81. The predicted octanol–water partition coefficient (Wildman–Crippen LogP) is -0.639. The summed E-state index contributed by atoms with van der Waals surface area (Å²) in [7, 11) is 1.38. The first-order valence-corrected chi connectivity index (χ1v) is 6.23. The maximum Gasteiger partial charge on any atom is 0.306 e. The number of hydrogen-bond donors (Lipinski definition) is 2. The van der Waals surface area contributed by atoms with Crippen molar-refractivity contribution in [3.63, 3.8) is 0 Å². The molecule has 0 aromatic carbocycles. The molecule has 1 aliphatic carbocycles. The molecule has 3 amide bonds. The molecule has 0 aromatic heterocycles. The van der Waals surface area contributed by atoms with Gasteiger partial charge in [-0.15, -0.1) is 0 Å². The molecule has 104 valence electrons. The summed E-state index contributed by atoms with van der Waals surface area (Å²) in [5, 5.41) is 11.4. The number of carboxylic acids is 1. The molecule has 7 nitrogen and oxygen atoms in total. The second kappa shape index (κ2) is 4.99. The number of carbonyl (C=O) groups is 4. The maximum absolute atomic E-state index is 11.9. The Labute approximate surface area is 109 Å². The van der Waals surface area contributed by atoms with Crippen LogP contribution in [0.4, 0.5) is 0 Å². The average molecular weight is 268 g/mol. The van der Waals surface area contributed by atoms with Crippen molar-refractivity contribution in [3.05, 3.63) is 0 Å². The SMILES string of the molecule is CN1C(=O)CC(NC(=O)[C@@H]2CC[C@H](C(=O)O)C2)C1=O. The van der Waals surface area contributed by atoms with Gasteiger partial charge in [-0.25, -0.2) is 0 Å². The van der Waals surface area contributed by atoms with Crippen molar-refractivity contribution >= 4 is 23.7 Å². The summed E-state index contributed by atoms with van der Waals surface area (Å²) in [6.45, 7) is 0. The Balaban J connectivity index is 1.91. The molecule has 0 bridgehead atoms.